The molecule has 0 spiro atoms. The molecule has 3 heteroatoms. The van der Waals surface area contributed by atoms with Crippen LogP contribution >= 0.6 is 0 Å². The third-order valence-electron chi connectivity index (χ3n) is 1.40. The summed E-state index contributed by atoms with van der Waals surface area (Å²) in [6, 6.07) is 0. The molecule has 0 aliphatic rings. The Hall–Kier alpha value is -1.12. The third-order valence-corrected chi connectivity index (χ3v) is 1.40. The molecule has 0 aliphatic heterocycles. The van der Waals surface area contributed by atoms with Gasteiger partial charge in [-0.1, -0.05) is 6.92 Å². The molecule has 0 atom stereocenters. The molecule has 3 nitrogen and oxygen atoms in total. The minimum absolute atomic E-state index is 0.606. The molecule has 1 aromatic rings. The number of aromatic nitrogens is 2. The molecule has 0 saturated heterocycles. The van der Waals surface area contributed by atoms with Gasteiger partial charge in [0.2, 0.25) is 0 Å². The summed E-state index contributed by atoms with van der Waals surface area (Å²) in [6.07, 6.45) is 2.67. The molecule has 2 N–H and O–H groups in total. The van der Waals surface area contributed by atoms with Gasteiger partial charge in [-0.15, -0.1) is 0 Å². The fourth-order valence-corrected chi connectivity index (χ4v) is 0.785. The summed E-state index contributed by atoms with van der Waals surface area (Å²) in [4.78, 5) is 8.03. The largest absolute Gasteiger partial charge is 0.383 e. The lowest BCUT2D eigenvalue weighted by atomic mass is 10.2. The fourth-order valence-electron chi connectivity index (χ4n) is 0.785. The summed E-state index contributed by atoms with van der Waals surface area (Å²) >= 11 is 0. The zero-order valence-corrected chi connectivity index (χ0v) is 6.26. The predicted octanol–water partition coefficient (Wildman–Crippen LogP) is 0.930. The number of hydrogen-bond acceptors (Lipinski definition) is 3. The van der Waals surface area contributed by atoms with Crippen LogP contribution in [0.5, 0.6) is 0 Å². The summed E-state index contributed by atoms with van der Waals surface area (Å²) < 4.78 is 0. The molecule has 0 aromatic carbocycles. The van der Waals surface area contributed by atoms with Crippen LogP contribution in [0.3, 0.4) is 0 Å². The first-order chi connectivity index (χ1) is 4.74. The van der Waals surface area contributed by atoms with Gasteiger partial charge >= 0.3 is 0 Å². The van der Waals surface area contributed by atoms with Crippen molar-refractivity contribution in [2.45, 2.75) is 20.3 Å². The van der Waals surface area contributed by atoms with Crippen molar-refractivity contribution < 1.29 is 0 Å². The maximum Gasteiger partial charge on any atom is 0.130 e. The Morgan fingerprint density at radius 1 is 1.60 bits per heavy atom. The molecular formula is C7H11N3. The van der Waals surface area contributed by atoms with E-state index in [-0.39, 0.29) is 0 Å². The molecule has 10 heavy (non-hydrogen) atoms. The standard InChI is InChI=1S/C7H11N3/c1-3-6-4-9-5(2)10-7(6)8/h4H,3H2,1-2H3,(H2,8,9,10). The van der Waals surface area contributed by atoms with Crippen molar-refractivity contribution >= 4 is 5.82 Å². The van der Waals surface area contributed by atoms with Crippen molar-refractivity contribution in [3.8, 4) is 0 Å². The van der Waals surface area contributed by atoms with Crippen molar-refractivity contribution in [2.24, 2.45) is 0 Å². The number of nitrogen functional groups attached to an aromatic ring is 1. The van der Waals surface area contributed by atoms with Gasteiger partial charge in [-0.05, 0) is 13.3 Å². The van der Waals surface area contributed by atoms with E-state index in [1.54, 1.807) is 6.20 Å². The lowest BCUT2D eigenvalue weighted by molar-refractivity contribution is 1.000. The van der Waals surface area contributed by atoms with Gasteiger partial charge in [-0.3, -0.25) is 0 Å². The highest BCUT2D eigenvalue weighted by Gasteiger charge is 1.96. The molecule has 1 rings (SSSR count). The van der Waals surface area contributed by atoms with E-state index in [4.69, 9.17) is 5.73 Å². The molecule has 1 aromatic heterocycles. The normalized spacial score (nSPS) is 9.80. The van der Waals surface area contributed by atoms with Crippen LogP contribution in [0, 0.1) is 6.92 Å². The molecule has 0 unspecified atom stereocenters. The SMILES string of the molecule is CCc1cnc(C)nc1N. The third kappa shape index (κ3) is 1.23. The lowest BCUT2D eigenvalue weighted by Crippen LogP contribution is -1.99. The molecule has 0 saturated carbocycles. The minimum Gasteiger partial charge on any atom is -0.383 e. The van der Waals surface area contributed by atoms with E-state index in [0.29, 0.717) is 5.82 Å². The first kappa shape index (κ1) is 6.99. The van der Waals surface area contributed by atoms with Gasteiger partial charge in [-0.2, -0.15) is 0 Å². The predicted molar refractivity (Wildman–Crippen MR) is 40.6 cm³/mol. The average Bonchev–Trinajstić information content (AvgIpc) is 1.88. The van der Waals surface area contributed by atoms with Gasteiger partial charge in [0.25, 0.3) is 0 Å². The molecule has 1 heterocycles. The maximum atomic E-state index is 5.58. The Labute approximate surface area is 60.3 Å². The Morgan fingerprint density at radius 2 is 2.30 bits per heavy atom. The maximum absolute atomic E-state index is 5.58. The summed E-state index contributed by atoms with van der Waals surface area (Å²) in [5.74, 6) is 1.34. The summed E-state index contributed by atoms with van der Waals surface area (Å²) in [5, 5.41) is 0. The van der Waals surface area contributed by atoms with Crippen LogP contribution in [0.15, 0.2) is 6.20 Å². The van der Waals surface area contributed by atoms with Crippen LogP contribution in [0.1, 0.15) is 18.3 Å². The van der Waals surface area contributed by atoms with Crippen molar-refractivity contribution in [1.82, 2.24) is 9.97 Å². The summed E-state index contributed by atoms with van der Waals surface area (Å²) in [5.41, 5.74) is 6.60. The smallest absolute Gasteiger partial charge is 0.130 e. The van der Waals surface area contributed by atoms with Crippen LogP contribution in [0.2, 0.25) is 0 Å². The van der Waals surface area contributed by atoms with Crippen LogP contribution in [-0.2, 0) is 6.42 Å². The van der Waals surface area contributed by atoms with Crippen LogP contribution < -0.4 is 5.73 Å². The van der Waals surface area contributed by atoms with Gasteiger partial charge in [0, 0.05) is 11.8 Å². The van der Waals surface area contributed by atoms with Gasteiger partial charge in [0.05, 0.1) is 0 Å². The zero-order valence-electron chi connectivity index (χ0n) is 6.26. The molecule has 0 radical (unpaired) electrons. The van der Waals surface area contributed by atoms with Gasteiger partial charge in [0.15, 0.2) is 0 Å². The van der Waals surface area contributed by atoms with Crippen LogP contribution in [-0.4, -0.2) is 9.97 Å². The highest BCUT2D eigenvalue weighted by Crippen LogP contribution is 2.06. The molecule has 0 fully saturated rings. The fraction of sp³-hybridized carbons (Fsp3) is 0.429. The average molecular weight is 137 g/mol. The first-order valence-corrected chi connectivity index (χ1v) is 3.32. The van der Waals surface area contributed by atoms with Crippen molar-refractivity contribution in [2.75, 3.05) is 5.73 Å². The zero-order chi connectivity index (χ0) is 7.56. The molecule has 0 amide bonds. The second-order valence-corrected chi connectivity index (χ2v) is 2.18. The van der Waals surface area contributed by atoms with E-state index in [9.17, 15) is 0 Å². The highest BCUT2D eigenvalue weighted by molar-refractivity contribution is 5.37. The number of nitrogens with two attached hydrogens (primary N) is 1. The van der Waals surface area contributed by atoms with E-state index in [1.807, 2.05) is 13.8 Å². The second kappa shape index (κ2) is 2.64. The number of aryl methyl sites for hydroxylation is 2. The number of rotatable bonds is 1. The Balaban J connectivity index is 3.07. The monoisotopic (exact) mass is 137 g/mol. The second-order valence-electron chi connectivity index (χ2n) is 2.18. The van der Waals surface area contributed by atoms with E-state index < -0.39 is 0 Å². The first-order valence-electron chi connectivity index (χ1n) is 3.32. The molecule has 0 aliphatic carbocycles. The van der Waals surface area contributed by atoms with E-state index in [2.05, 4.69) is 9.97 Å². The van der Waals surface area contributed by atoms with Crippen molar-refractivity contribution in [3.05, 3.63) is 17.6 Å². The van der Waals surface area contributed by atoms with Crippen LogP contribution in [0.4, 0.5) is 5.82 Å². The molecular weight excluding hydrogens is 126 g/mol. The Bertz CT molecular complexity index is 232. The highest BCUT2D eigenvalue weighted by atomic mass is 14.9. The molecule has 0 bridgehead atoms. The van der Waals surface area contributed by atoms with Crippen LogP contribution in [0.25, 0.3) is 0 Å². The Morgan fingerprint density at radius 3 is 2.80 bits per heavy atom. The lowest BCUT2D eigenvalue weighted by Gasteiger charge is -1.99. The van der Waals surface area contributed by atoms with E-state index in [1.165, 1.54) is 0 Å². The topological polar surface area (TPSA) is 51.8 Å². The van der Waals surface area contributed by atoms with Crippen molar-refractivity contribution in [3.63, 3.8) is 0 Å². The van der Waals surface area contributed by atoms with Gasteiger partial charge in [-0.25, -0.2) is 9.97 Å². The number of anilines is 1. The van der Waals surface area contributed by atoms with Crippen molar-refractivity contribution in [1.29, 1.82) is 0 Å². The molecule has 54 valence electrons. The Kier molecular flexibility index (Phi) is 1.85. The quantitative estimate of drug-likeness (QED) is 0.626. The van der Waals surface area contributed by atoms with E-state index >= 15 is 0 Å². The number of hydrogen-bond donors (Lipinski definition) is 1. The minimum atomic E-state index is 0.606. The van der Waals surface area contributed by atoms with E-state index in [0.717, 1.165) is 17.8 Å². The summed E-state index contributed by atoms with van der Waals surface area (Å²) in [7, 11) is 0. The van der Waals surface area contributed by atoms with Gasteiger partial charge in [0.1, 0.15) is 11.6 Å². The summed E-state index contributed by atoms with van der Waals surface area (Å²) in [6.45, 7) is 3.86. The number of nitrogens with zero attached hydrogens (tertiary/aromatic N) is 2. The van der Waals surface area contributed by atoms with Gasteiger partial charge < -0.3 is 5.73 Å².